The highest BCUT2D eigenvalue weighted by Crippen LogP contribution is 2.38. The minimum Gasteiger partial charge on any atom is -0.497 e. The van der Waals surface area contributed by atoms with Gasteiger partial charge in [0.2, 0.25) is 0 Å². The number of benzene rings is 2. The molecule has 0 aliphatic carbocycles. The third-order valence-corrected chi connectivity index (χ3v) is 7.73. The van der Waals surface area contributed by atoms with Gasteiger partial charge < -0.3 is 25.0 Å². The van der Waals surface area contributed by atoms with E-state index in [9.17, 15) is 23.1 Å². The molecule has 0 radical (unpaired) electrons. The van der Waals surface area contributed by atoms with Crippen LogP contribution >= 0.6 is 0 Å². The van der Waals surface area contributed by atoms with Crippen molar-refractivity contribution in [3.05, 3.63) is 59.5 Å². The second kappa shape index (κ2) is 12.1. The van der Waals surface area contributed by atoms with E-state index in [1.807, 2.05) is 43.4 Å². The minimum atomic E-state index is -0.978. The van der Waals surface area contributed by atoms with E-state index in [4.69, 9.17) is 4.74 Å². The van der Waals surface area contributed by atoms with Gasteiger partial charge in [-0.05, 0) is 69.0 Å². The lowest BCUT2D eigenvalue weighted by Gasteiger charge is -2.39. The Morgan fingerprint density at radius 1 is 1.15 bits per heavy atom. The predicted molar refractivity (Wildman–Crippen MR) is 146 cm³/mol. The van der Waals surface area contributed by atoms with Gasteiger partial charge in [-0.3, -0.25) is 9.78 Å². The molecule has 0 unspecified atom stereocenters. The first kappa shape index (κ1) is 28.5. The van der Waals surface area contributed by atoms with Gasteiger partial charge in [0.1, 0.15) is 17.3 Å². The van der Waals surface area contributed by atoms with Gasteiger partial charge in [0.05, 0.1) is 29.9 Å². The summed E-state index contributed by atoms with van der Waals surface area (Å²) < 4.78 is 46.3. The second-order valence-corrected chi connectivity index (χ2v) is 10.4. The summed E-state index contributed by atoms with van der Waals surface area (Å²) in [5, 5.41) is 13.9. The van der Waals surface area contributed by atoms with Gasteiger partial charge in [0.25, 0.3) is 0 Å². The average Bonchev–Trinajstić information content (AvgIpc) is 2.90. The molecule has 3 aromatic rings. The SMILES string of the molecule is COc1ccc2ncc(N(C)C)c(CCCC3(C(=O)O)CCN(CCNc4c(F)cc(F)cc4F)CC3)c2c1. The zero-order valence-electron chi connectivity index (χ0n) is 22.6. The third kappa shape index (κ3) is 6.38. The van der Waals surface area contributed by atoms with Crippen molar-refractivity contribution in [1.82, 2.24) is 9.88 Å². The number of aliphatic carboxylic acids is 1. The Labute approximate surface area is 226 Å². The molecule has 1 aliphatic rings. The lowest BCUT2D eigenvalue weighted by molar-refractivity contribution is -0.152. The van der Waals surface area contributed by atoms with Crippen LogP contribution in [-0.2, 0) is 11.2 Å². The average molecular weight is 545 g/mol. The normalized spacial score (nSPS) is 15.3. The molecular formula is C29H35F3N4O3. The molecule has 2 aromatic carbocycles. The first-order valence-electron chi connectivity index (χ1n) is 13.1. The van der Waals surface area contributed by atoms with E-state index in [0.717, 1.165) is 27.9 Å². The van der Waals surface area contributed by atoms with Gasteiger partial charge in [0.15, 0.2) is 11.6 Å². The molecule has 1 aliphatic heterocycles. The number of likely N-dealkylation sites (tertiary alicyclic amines) is 1. The molecule has 2 N–H and O–H groups in total. The molecule has 1 fully saturated rings. The van der Waals surface area contributed by atoms with Crippen molar-refractivity contribution < 1.29 is 27.8 Å². The Balaban J connectivity index is 1.37. The van der Waals surface area contributed by atoms with E-state index < -0.39 is 28.8 Å². The Bertz CT molecular complexity index is 1300. The van der Waals surface area contributed by atoms with Gasteiger partial charge in [-0.1, -0.05) is 0 Å². The zero-order valence-corrected chi connectivity index (χ0v) is 22.6. The summed E-state index contributed by atoms with van der Waals surface area (Å²) >= 11 is 0. The topological polar surface area (TPSA) is 77.9 Å². The largest absolute Gasteiger partial charge is 0.497 e. The molecule has 1 aromatic heterocycles. The minimum absolute atomic E-state index is 0.255. The molecule has 0 spiro atoms. The molecule has 0 saturated carbocycles. The number of carbonyl (C=O) groups is 1. The van der Waals surface area contributed by atoms with Crippen molar-refractivity contribution in [2.45, 2.75) is 32.1 Å². The Morgan fingerprint density at radius 2 is 1.85 bits per heavy atom. The number of aryl methyl sites for hydroxylation is 1. The Morgan fingerprint density at radius 3 is 2.46 bits per heavy atom. The second-order valence-electron chi connectivity index (χ2n) is 10.4. The molecule has 0 amide bonds. The standard InChI is InChI=1S/C29H35F3N4O3/c1-35(2)26-18-34-25-7-6-20(39-3)17-22(25)21(26)5-4-8-29(28(37)38)9-12-36(13-10-29)14-11-33-27-23(31)15-19(30)16-24(27)32/h6-7,15-18,33H,4-5,8-14H2,1-3H3,(H,37,38). The van der Waals surface area contributed by atoms with Crippen LogP contribution in [0.5, 0.6) is 5.75 Å². The number of pyridine rings is 1. The molecule has 1 saturated heterocycles. The summed E-state index contributed by atoms with van der Waals surface area (Å²) in [7, 11) is 5.56. The number of nitrogens with one attached hydrogen (secondary N) is 1. The fraction of sp³-hybridized carbons (Fsp3) is 0.448. The van der Waals surface area contributed by atoms with Crippen LogP contribution < -0.4 is 15.0 Å². The smallest absolute Gasteiger partial charge is 0.309 e. The van der Waals surface area contributed by atoms with E-state index in [0.29, 0.717) is 63.9 Å². The quantitative estimate of drug-likeness (QED) is 0.338. The summed E-state index contributed by atoms with van der Waals surface area (Å²) in [5.74, 6) is -2.96. The van der Waals surface area contributed by atoms with Gasteiger partial charge in [-0.25, -0.2) is 13.2 Å². The highest BCUT2D eigenvalue weighted by molar-refractivity contribution is 5.88. The van der Waals surface area contributed by atoms with Crippen LogP contribution in [0.4, 0.5) is 24.5 Å². The van der Waals surface area contributed by atoms with Crippen molar-refractivity contribution >= 4 is 28.2 Å². The molecule has 4 rings (SSSR count). The number of rotatable bonds is 11. The summed E-state index contributed by atoms with van der Waals surface area (Å²) in [6.45, 7) is 1.88. The molecule has 2 heterocycles. The van der Waals surface area contributed by atoms with Crippen LogP contribution in [0.3, 0.4) is 0 Å². The highest BCUT2D eigenvalue weighted by atomic mass is 19.1. The van der Waals surface area contributed by atoms with Crippen molar-refractivity contribution in [3.8, 4) is 5.75 Å². The van der Waals surface area contributed by atoms with Crippen LogP contribution in [0.15, 0.2) is 36.5 Å². The van der Waals surface area contributed by atoms with Crippen molar-refractivity contribution in [1.29, 1.82) is 0 Å². The van der Waals surface area contributed by atoms with Crippen molar-refractivity contribution in [3.63, 3.8) is 0 Å². The van der Waals surface area contributed by atoms with Crippen molar-refractivity contribution in [2.75, 3.05) is 57.6 Å². The molecule has 0 bridgehead atoms. The zero-order chi connectivity index (χ0) is 28.2. The molecule has 10 heteroatoms. The lowest BCUT2D eigenvalue weighted by atomic mass is 9.74. The third-order valence-electron chi connectivity index (χ3n) is 7.73. The summed E-state index contributed by atoms with van der Waals surface area (Å²) in [6.07, 6.45) is 4.79. The number of aromatic nitrogens is 1. The maximum atomic E-state index is 13.9. The predicted octanol–water partition coefficient (Wildman–Crippen LogP) is 5.33. The van der Waals surface area contributed by atoms with Crippen LogP contribution in [0.1, 0.15) is 31.2 Å². The van der Waals surface area contributed by atoms with Gasteiger partial charge >= 0.3 is 5.97 Å². The lowest BCUT2D eigenvalue weighted by Crippen LogP contribution is -2.45. The van der Waals surface area contributed by atoms with Crippen LogP contribution in [0, 0.1) is 22.9 Å². The number of carboxylic acids is 1. The molecule has 39 heavy (non-hydrogen) atoms. The molecule has 0 atom stereocenters. The number of methoxy groups -OCH3 is 1. The van der Waals surface area contributed by atoms with Crippen molar-refractivity contribution in [2.24, 2.45) is 5.41 Å². The monoisotopic (exact) mass is 544 g/mol. The number of ether oxygens (including phenoxy) is 1. The number of piperidine rings is 1. The van der Waals surface area contributed by atoms with Gasteiger partial charge in [-0.2, -0.15) is 0 Å². The van der Waals surface area contributed by atoms with Gasteiger partial charge in [0, 0.05) is 44.7 Å². The summed E-state index contributed by atoms with van der Waals surface area (Å²) in [6, 6.07) is 7.07. The van der Waals surface area contributed by atoms with Crippen LogP contribution in [-0.4, -0.2) is 68.3 Å². The Kier molecular flexibility index (Phi) is 8.84. The molecule has 210 valence electrons. The summed E-state index contributed by atoms with van der Waals surface area (Å²) in [4.78, 5) is 21.1. The first-order chi connectivity index (χ1) is 18.6. The maximum absolute atomic E-state index is 13.9. The molecule has 7 nitrogen and oxygen atoms in total. The highest BCUT2D eigenvalue weighted by Gasteiger charge is 2.40. The van der Waals surface area contributed by atoms with Crippen LogP contribution in [0.2, 0.25) is 0 Å². The number of anilines is 2. The fourth-order valence-electron chi connectivity index (χ4n) is 5.42. The van der Waals surface area contributed by atoms with E-state index in [1.165, 1.54) is 0 Å². The van der Waals surface area contributed by atoms with E-state index >= 15 is 0 Å². The number of hydrogen-bond acceptors (Lipinski definition) is 6. The number of hydrogen-bond donors (Lipinski definition) is 2. The Hall–Kier alpha value is -3.53. The maximum Gasteiger partial charge on any atom is 0.309 e. The van der Waals surface area contributed by atoms with E-state index in [-0.39, 0.29) is 12.2 Å². The summed E-state index contributed by atoms with van der Waals surface area (Å²) in [5.41, 5.74) is 1.81. The number of carboxylic acid groups (broad SMARTS) is 1. The van der Waals surface area contributed by atoms with E-state index in [1.54, 1.807) is 7.11 Å². The number of fused-ring (bicyclic) bond motifs is 1. The number of nitrogens with zero attached hydrogens (tertiary/aromatic N) is 3. The van der Waals surface area contributed by atoms with E-state index in [2.05, 4.69) is 15.2 Å². The number of halogens is 3. The molecular weight excluding hydrogens is 509 g/mol. The van der Waals surface area contributed by atoms with Gasteiger partial charge in [-0.15, -0.1) is 0 Å². The first-order valence-corrected chi connectivity index (χ1v) is 13.1. The van der Waals surface area contributed by atoms with Crippen LogP contribution in [0.25, 0.3) is 10.9 Å². The fourth-order valence-corrected chi connectivity index (χ4v) is 5.42.